The molecule has 0 saturated carbocycles. The zero-order valence-electron chi connectivity index (χ0n) is 9.48. The summed E-state index contributed by atoms with van der Waals surface area (Å²) >= 11 is 9.33. The van der Waals surface area contributed by atoms with Crippen molar-refractivity contribution in [1.82, 2.24) is 9.55 Å². The fourth-order valence-electron chi connectivity index (χ4n) is 1.95. The van der Waals surface area contributed by atoms with Gasteiger partial charge in [-0.1, -0.05) is 39.7 Å². The Bertz CT molecular complexity index is 689. The molecule has 2 aromatic carbocycles. The molecule has 4 heteroatoms. The fourth-order valence-corrected chi connectivity index (χ4v) is 2.42. The molecule has 90 valence electrons. The van der Waals surface area contributed by atoms with Crippen molar-refractivity contribution in [3.05, 3.63) is 63.9 Å². The Morgan fingerprint density at radius 2 is 1.89 bits per heavy atom. The van der Waals surface area contributed by atoms with Gasteiger partial charge in [-0.2, -0.15) is 0 Å². The zero-order chi connectivity index (χ0) is 12.5. The Balaban J connectivity index is 1.97. The van der Waals surface area contributed by atoms with Crippen LogP contribution in [0.4, 0.5) is 0 Å². The number of hydrogen-bond donors (Lipinski definition) is 0. The second-order valence-corrected chi connectivity index (χ2v) is 5.48. The smallest absolute Gasteiger partial charge is 0.0961 e. The molecular weight excluding hydrogens is 312 g/mol. The largest absolute Gasteiger partial charge is 0.326 e. The number of rotatable bonds is 2. The van der Waals surface area contributed by atoms with Crippen LogP contribution in [0.5, 0.6) is 0 Å². The Kier molecular flexibility index (Phi) is 3.10. The van der Waals surface area contributed by atoms with Gasteiger partial charge >= 0.3 is 0 Å². The Hall–Kier alpha value is -1.32. The summed E-state index contributed by atoms with van der Waals surface area (Å²) in [7, 11) is 0. The average molecular weight is 322 g/mol. The molecule has 1 heterocycles. The monoisotopic (exact) mass is 320 g/mol. The van der Waals surface area contributed by atoms with E-state index in [0.717, 1.165) is 27.1 Å². The highest BCUT2D eigenvalue weighted by atomic mass is 79.9. The summed E-state index contributed by atoms with van der Waals surface area (Å²) in [6.45, 7) is 0.801. The van der Waals surface area contributed by atoms with E-state index in [9.17, 15) is 0 Å². The van der Waals surface area contributed by atoms with Gasteiger partial charge in [0.2, 0.25) is 0 Å². The normalized spacial score (nSPS) is 11.0. The number of imidazole rings is 1. The van der Waals surface area contributed by atoms with E-state index in [1.165, 1.54) is 5.56 Å². The molecule has 0 aliphatic heterocycles. The van der Waals surface area contributed by atoms with E-state index < -0.39 is 0 Å². The molecule has 0 bridgehead atoms. The van der Waals surface area contributed by atoms with Gasteiger partial charge in [0.1, 0.15) is 0 Å². The number of nitrogens with zero attached hydrogens (tertiary/aromatic N) is 2. The number of aromatic nitrogens is 2. The zero-order valence-corrected chi connectivity index (χ0v) is 11.8. The molecule has 0 radical (unpaired) electrons. The van der Waals surface area contributed by atoms with Crippen molar-refractivity contribution in [2.75, 3.05) is 0 Å². The van der Waals surface area contributed by atoms with Crippen LogP contribution in [0.25, 0.3) is 11.0 Å². The number of benzene rings is 2. The lowest BCUT2D eigenvalue weighted by molar-refractivity contribution is 0.824. The van der Waals surface area contributed by atoms with Gasteiger partial charge < -0.3 is 4.57 Å². The molecule has 0 N–H and O–H groups in total. The average Bonchev–Trinajstić information content (AvgIpc) is 2.74. The Morgan fingerprint density at radius 3 is 2.67 bits per heavy atom. The molecular formula is C14H10BrClN2. The van der Waals surface area contributed by atoms with Crippen molar-refractivity contribution in [1.29, 1.82) is 0 Å². The molecule has 0 spiro atoms. The molecule has 0 saturated heterocycles. The number of fused-ring (bicyclic) bond motifs is 1. The molecule has 0 amide bonds. The third kappa shape index (κ3) is 2.28. The highest BCUT2D eigenvalue weighted by Crippen LogP contribution is 2.20. The van der Waals surface area contributed by atoms with Crippen LogP contribution in [0.2, 0.25) is 5.02 Å². The topological polar surface area (TPSA) is 17.8 Å². The lowest BCUT2D eigenvalue weighted by Gasteiger charge is -2.04. The third-order valence-electron chi connectivity index (χ3n) is 2.85. The van der Waals surface area contributed by atoms with Crippen molar-refractivity contribution in [2.24, 2.45) is 0 Å². The predicted molar refractivity (Wildman–Crippen MR) is 78.0 cm³/mol. The summed E-state index contributed by atoms with van der Waals surface area (Å²) in [5.41, 5.74) is 3.34. The van der Waals surface area contributed by atoms with Crippen molar-refractivity contribution in [2.45, 2.75) is 6.54 Å². The first-order valence-corrected chi connectivity index (χ1v) is 6.74. The van der Waals surface area contributed by atoms with Crippen LogP contribution < -0.4 is 0 Å². The van der Waals surface area contributed by atoms with Gasteiger partial charge in [0.15, 0.2) is 0 Å². The van der Waals surface area contributed by atoms with Gasteiger partial charge in [0.05, 0.1) is 17.4 Å². The molecule has 18 heavy (non-hydrogen) atoms. The highest BCUT2D eigenvalue weighted by molar-refractivity contribution is 9.10. The van der Waals surface area contributed by atoms with Crippen molar-refractivity contribution < 1.29 is 0 Å². The lowest BCUT2D eigenvalue weighted by Crippen LogP contribution is -1.97. The van der Waals surface area contributed by atoms with Gasteiger partial charge in [0.25, 0.3) is 0 Å². The lowest BCUT2D eigenvalue weighted by atomic mass is 10.2. The third-order valence-corrected chi connectivity index (χ3v) is 3.59. The van der Waals surface area contributed by atoms with Crippen LogP contribution in [-0.2, 0) is 6.54 Å². The molecule has 2 nitrogen and oxygen atoms in total. The summed E-state index contributed by atoms with van der Waals surface area (Å²) < 4.78 is 3.18. The SMILES string of the molecule is Clc1ccc(Cn2cnc3cc(Br)ccc32)cc1. The Labute approximate surface area is 118 Å². The van der Waals surface area contributed by atoms with Gasteiger partial charge in [-0.05, 0) is 35.9 Å². The van der Waals surface area contributed by atoms with E-state index in [1.807, 2.05) is 42.7 Å². The van der Waals surface area contributed by atoms with Gasteiger partial charge in [-0.3, -0.25) is 0 Å². The van der Waals surface area contributed by atoms with Crippen LogP contribution in [0.1, 0.15) is 5.56 Å². The van der Waals surface area contributed by atoms with Crippen LogP contribution in [-0.4, -0.2) is 9.55 Å². The molecule has 0 fully saturated rings. The van der Waals surface area contributed by atoms with E-state index in [4.69, 9.17) is 11.6 Å². The minimum Gasteiger partial charge on any atom is -0.326 e. The maximum Gasteiger partial charge on any atom is 0.0961 e. The maximum absolute atomic E-state index is 5.88. The molecule has 0 unspecified atom stereocenters. The van der Waals surface area contributed by atoms with Gasteiger partial charge in [-0.15, -0.1) is 0 Å². The quantitative estimate of drug-likeness (QED) is 0.679. The first-order valence-electron chi connectivity index (χ1n) is 5.57. The molecule has 0 aliphatic rings. The summed E-state index contributed by atoms with van der Waals surface area (Å²) in [4.78, 5) is 4.40. The summed E-state index contributed by atoms with van der Waals surface area (Å²) in [5, 5.41) is 0.762. The van der Waals surface area contributed by atoms with Crippen LogP contribution >= 0.6 is 27.5 Å². The van der Waals surface area contributed by atoms with Crippen molar-refractivity contribution in [3.63, 3.8) is 0 Å². The van der Waals surface area contributed by atoms with Crippen molar-refractivity contribution >= 4 is 38.6 Å². The maximum atomic E-state index is 5.88. The van der Waals surface area contributed by atoms with E-state index in [0.29, 0.717) is 0 Å². The number of hydrogen-bond acceptors (Lipinski definition) is 1. The fraction of sp³-hybridized carbons (Fsp3) is 0.0714. The molecule has 1 aromatic heterocycles. The summed E-state index contributed by atoms with van der Waals surface area (Å²) in [5.74, 6) is 0. The highest BCUT2D eigenvalue weighted by Gasteiger charge is 2.03. The van der Waals surface area contributed by atoms with Crippen LogP contribution in [0.15, 0.2) is 53.3 Å². The van der Waals surface area contributed by atoms with E-state index in [2.05, 4.69) is 31.5 Å². The first-order chi connectivity index (χ1) is 8.72. The second kappa shape index (κ2) is 4.75. The second-order valence-electron chi connectivity index (χ2n) is 4.13. The van der Waals surface area contributed by atoms with Gasteiger partial charge in [-0.25, -0.2) is 4.98 Å². The molecule has 3 rings (SSSR count). The first kappa shape index (κ1) is 11.8. The summed E-state index contributed by atoms with van der Waals surface area (Å²) in [6.07, 6.45) is 1.87. The van der Waals surface area contributed by atoms with Crippen LogP contribution in [0, 0.1) is 0 Å². The summed E-state index contributed by atoms with van der Waals surface area (Å²) in [6, 6.07) is 14.0. The number of halogens is 2. The van der Waals surface area contributed by atoms with Crippen LogP contribution in [0.3, 0.4) is 0 Å². The minimum absolute atomic E-state index is 0.762. The predicted octanol–water partition coefficient (Wildman–Crippen LogP) is 4.50. The Morgan fingerprint density at radius 1 is 1.11 bits per heavy atom. The minimum atomic E-state index is 0.762. The molecule has 3 aromatic rings. The molecule has 0 aliphatic carbocycles. The molecule has 0 atom stereocenters. The van der Waals surface area contributed by atoms with E-state index >= 15 is 0 Å². The standard InChI is InChI=1S/C14H10BrClN2/c15-11-3-6-14-13(7-11)17-9-18(14)8-10-1-4-12(16)5-2-10/h1-7,9H,8H2. The van der Waals surface area contributed by atoms with Crippen molar-refractivity contribution in [3.8, 4) is 0 Å². The van der Waals surface area contributed by atoms with E-state index in [-0.39, 0.29) is 0 Å². The van der Waals surface area contributed by atoms with E-state index in [1.54, 1.807) is 0 Å². The van der Waals surface area contributed by atoms with Gasteiger partial charge in [0, 0.05) is 16.0 Å².